The van der Waals surface area contributed by atoms with E-state index in [4.69, 9.17) is 21.1 Å². The molecular formula is C28H31BrClIN2O4. The average molecular weight is 702 g/mol. The summed E-state index contributed by atoms with van der Waals surface area (Å²) < 4.78 is 11.8. The molecule has 0 atom stereocenters. The van der Waals surface area contributed by atoms with Gasteiger partial charge in [-0.25, -0.2) is 9.59 Å². The van der Waals surface area contributed by atoms with Gasteiger partial charge in [-0.15, -0.1) is 0 Å². The third-order valence-corrected chi connectivity index (χ3v) is 8.40. The van der Waals surface area contributed by atoms with Crippen LogP contribution in [0.1, 0.15) is 26.3 Å². The molecule has 1 aliphatic rings. The Balaban J connectivity index is 2.15. The quantitative estimate of drug-likeness (QED) is 0.0834. The van der Waals surface area contributed by atoms with E-state index in [1.54, 1.807) is 0 Å². The van der Waals surface area contributed by atoms with Crippen LogP contribution in [0.4, 0.5) is 5.69 Å². The fourth-order valence-corrected chi connectivity index (χ4v) is 6.52. The molecule has 1 heterocycles. The Morgan fingerprint density at radius 1 is 0.946 bits per heavy atom. The molecule has 2 aromatic rings. The van der Waals surface area contributed by atoms with Gasteiger partial charge in [0, 0.05) is 39.9 Å². The second kappa shape index (κ2) is 12.7. The van der Waals surface area contributed by atoms with Crippen molar-refractivity contribution in [1.29, 1.82) is 0 Å². The highest BCUT2D eigenvalue weighted by molar-refractivity contribution is 14.1. The Kier molecular flexibility index (Phi) is 10.1. The predicted molar refractivity (Wildman–Crippen MR) is 161 cm³/mol. The van der Waals surface area contributed by atoms with E-state index in [2.05, 4.69) is 69.1 Å². The third-order valence-electron chi connectivity index (χ3n) is 6.12. The lowest BCUT2D eigenvalue weighted by molar-refractivity contribution is -0.144. The minimum Gasteiger partial charge on any atom is -0.465 e. The molecule has 2 aromatic carbocycles. The molecule has 0 unspecified atom stereocenters. The first-order valence-electron chi connectivity index (χ1n) is 11.8. The van der Waals surface area contributed by atoms with Crippen molar-refractivity contribution >= 4 is 73.3 Å². The standard InChI is InChI=1S/C28H31BrClIN2O4/c1-28(2,3)23(18-9-7-6-8-10-18)24(31)25(22(26(34)36-4)27(35)37-5)33-15-13-32(14-16-33)19-11-12-20(29)21(30)17-19/h6-12,17H,13-16H2,1-5H3/b24-23+. The molecule has 0 saturated carbocycles. The number of rotatable bonds is 6. The molecule has 1 fully saturated rings. The first-order valence-corrected chi connectivity index (χ1v) is 14.1. The van der Waals surface area contributed by atoms with Gasteiger partial charge in [-0.2, -0.15) is 0 Å². The number of hydrogen-bond acceptors (Lipinski definition) is 6. The van der Waals surface area contributed by atoms with Crippen LogP contribution < -0.4 is 4.90 Å². The Morgan fingerprint density at radius 3 is 2.00 bits per heavy atom. The smallest absolute Gasteiger partial charge is 0.347 e. The van der Waals surface area contributed by atoms with Crippen molar-refractivity contribution in [3.8, 4) is 0 Å². The van der Waals surface area contributed by atoms with Crippen LogP contribution in [0.25, 0.3) is 5.57 Å². The number of benzene rings is 2. The molecule has 0 aliphatic carbocycles. The Bertz CT molecular complexity index is 1200. The van der Waals surface area contributed by atoms with E-state index in [-0.39, 0.29) is 11.0 Å². The van der Waals surface area contributed by atoms with Gasteiger partial charge in [-0.1, -0.05) is 62.7 Å². The van der Waals surface area contributed by atoms with Crippen molar-refractivity contribution < 1.29 is 19.1 Å². The summed E-state index contributed by atoms with van der Waals surface area (Å²) in [7, 11) is 2.55. The molecule has 0 amide bonds. The van der Waals surface area contributed by atoms with E-state index in [0.717, 1.165) is 24.9 Å². The van der Waals surface area contributed by atoms with Crippen LogP contribution in [-0.4, -0.2) is 57.2 Å². The SMILES string of the molecule is COC(=O)C(C(=O)OC)=C(/C(I)=C(/c1ccccc1)C(C)(C)C)N1CCN(c2ccc(Br)c(Cl)c2)CC1. The minimum absolute atomic E-state index is 0.104. The predicted octanol–water partition coefficient (Wildman–Crippen LogP) is 6.72. The molecule has 0 aromatic heterocycles. The lowest BCUT2D eigenvalue weighted by atomic mass is 9.81. The third kappa shape index (κ3) is 6.89. The van der Waals surface area contributed by atoms with Crippen LogP contribution >= 0.6 is 50.1 Å². The van der Waals surface area contributed by atoms with Gasteiger partial charge < -0.3 is 19.3 Å². The lowest BCUT2D eigenvalue weighted by Crippen LogP contribution is -2.47. The van der Waals surface area contributed by atoms with E-state index in [1.165, 1.54) is 14.2 Å². The van der Waals surface area contributed by atoms with Crippen LogP contribution in [-0.2, 0) is 19.1 Å². The second-order valence-electron chi connectivity index (χ2n) is 9.58. The maximum absolute atomic E-state index is 13.0. The fourth-order valence-electron chi connectivity index (χ4n) is 4.37. The molecule has 1 saturated heterocycles. The topological polar surface area (TPSA) is 59.1 Å². The molecular weight excluding hydrogens is 671 g/mol. The summed E-state index contributed by atoms with van der Waals surface area (Å²) in [4.78, 5) is 30.3. The van der Waals surface area contributed by atoms with Crippen LogP contribution in [0.3, 0.4) is 0 Å². The summed E-state index contributed by atoms with van der Waals surface area (Å²) in [5, 5.41) is 0.648. The monoisotopic (exact) mass is 700 g/mol. The van der Waals surface area contributed by atoms with E-state index in [1.807, 2.05) is 48.5 Å². The van der Waals surface area contributed by atoms with Gasteiger partial charge in [-0.3, -0.25) is 0 Å². The number of carbonyl (C=O) groups excluding carboxylic acids is 2. The maximum atomic E-state index is 13.0. The number of halogens is 3. The summed E-state index contributed by atoms with van der Waals surface area (Å²) in [5.41, 5.74) is 3.21. The number of carbonyl (C=O) groups is 2. The Morgan fingerprint density at radius 2 is 1.51 bits per heavy atom. The van der Waals surface area contributed by atoms with Crippen molar-refractivity contribution in [2.24, 2.45) is 5.41 Å². The van der Waals surface area contributed by atoms with Gasteiger partial charge in [0.2, 0.25) is 0 Å². The van der Waals surface area contributed by atoms with E-state index in [0.29, 0.717) is 36.9 Å². The molecule has 0 N–H and O–H groups in total. The zero-order chi connectivity index (χ0) is 27.3. The fraction of sp³-hybridized carbons (Fsp3) is 0.357. The van der Waals surface area contributed by atoms with Crippen molar-refractivity contribution in [3.63, 3.8) is 0 Å². The molecule has 9 heteroatoms. The maximum Gasteiger partial charge on any atom is 0.347 e. The summed E-state index contributed by atoms with van der Waals surface area (Å²) in [6.45, 7) is 8.89. The summed E-state index contributed by atoms with van der Waals surface area (Å²) >= 11 is 12.0. The van der Waals surface area contributed by atoms with Gasteiger partial charge in [0.25, 0.3) is 0 Å². The number of esters is 2. The van der Waals surface area contributed by atoms with Gasteiger partial charge in [0.15, 0.2) is 5.57 Å². The highest BCUT2D eigenvalue weighted by atomic mass is 127. The average Bonchev–Trinajstić information content (AvgIpc) is 2.88. The molecule has 1 aliphatic heterocycles. The highest BCUT2D eigenvalue weighted by Crippen LogP contribution is 2.43. The molecule has 0 radical (unpaired) electrons. The summed E-state index contributed by atoms with van der Waals surface area (Å²) in [6.07, 6.45) is 0. The van der Waals surface area contributed by atoms with E-state index in [9.17, 15) is 9.59 Å². The first kappa shape index (κ1) is 29.5. The highest BCUT2D eigenvalue weighted by Gasteiger charge is 2.34. The largest absolute Gasteiger partial charge is 0.465 e. The Hall–Kier alpha value is -2.04. The zero-order valence-corrected chi connectivity index (χ0v) is 26.1. The van der Waals surface area contributed by atoms with Gasteiger partial charge in [-0.05, 0) is 73.3 Å². The van der Waals surface area contributed by atoms with Crippen molar-refractivity contribution in [2.45, 2.75) is 20.8 Å². The molecule has 3 rings (SSSR count). The minimum atomic E-state index is -0.723. The van der Waals surface area contributed by atoms with Crippen molar-refractivity contribution in [3.05, 3.63) is 78.4 Å². The summed E-state index contributed by atoms with van der Waals surface area (Å²) in [5.74, 6) is -1.45. The van der Waals surface area contributed by atoms with Crippen molar-refractivity contribution in [1.82, 2.24) is 4.90 Å². The number of piperazine rings is 1. The molecule has 6 nitrogen and oxygen atoms in total. The number of hydrogen-bond donors (Lipinski definition) is 0. The molecule has 0 spiro atoms. The second-order valence-corrected chi connectivity index (χ2v) is 11.9. The number of allylic oxidation sites excluding steroid dienone is 2. The molecule has 198 valence electrons. The number of ether oxygens (including phenoxy) is 2. The van der Waals surface area contributed by atoms with Crippen LogP contribution in [0.5, 0.6) is 0 Å². The van der Waals surface area contributed by atoms with Crippen LogP contribution in [0, 0.1) is 5.41 Å². The number of nitrogens with zero attached hydrogens (tertiary/aromatic N) is 2. The first-order chi connectivity index (χ1) is 17.5. The summed E-state index contributed by atoms with van der Waals surface area (Å²) in [6, 6.07) is 15.9. The van der Waals surface area contributed by atoms with Gasteiger partial charge in [0.1, 0.15) is 0 Å². The van der Waals surface area contributed by atoms with E-state index >= 15 is 0 Å². The zero-order valence-electron chi connectivity index (χ0n) is 21.6. The number of anilines is 1. The Labute approximate surface area is 245 Å². The van der Waals surface area contributed by atoms with Gasteiger partial charge in [0.05, 0.1) is 24.9 Å². The molecule has 0 bridgehead atoms. The molecule has 37 heavy (non-hydrogen) atoms. The normalized spacial score (nSPS) is 14.6. The van der Waals surface area contributed by atoms with Crippen molar-refractivity contribution in [2.75, 3.05) is 45.3 Å². The lowest BCUT2D eigenvalue weighted by Gasteiger charge is -2.40. The van der Waals surface area contributed by atoms with Crippen LogP contribution in [0.15, 0.2) is 67.9 Å². The van der Waals surface area contributed by atoms with E-state index < -0.39 is 11.9 Å². The van der Waals surface area contributed by atoms with Crippen LogP contribution in [0.2, 0.25) is 5.02 Å². The van der Waals surface area contributed by atoms with Gasteiger partial charge >= 0.3 is 11.9 Å². The number of methoxy groups -OCH3 is 2.